The number of esters is 1. The fourth-order valence-electron chi connectivity index (χ4n) is 3.45. The van der Waals surface area contributed by atoms with Crippen LogP contribution in [-0.4, -0.2) is 36.6 Å². The molecular formula is C11H17NO2. The van der Waals surface area contributed by atoms with Gasteiger partial charge in [0.2, 0.25) is 0 Å². The number of hydrogen-bond donors (Lipinski definition) is 0. The minimum atomic E-state index is -0.217. The normalized spacial score (nSPS) is 38.6. The van der Waals surface area contributed by atoms with Crippen molar-refractivity contribution in [2.24, 2.45) is 5.41 Å². The lowest BCUT2D eigenvalue weighted by atomic mass is 9.88. The first-order chi connectivity index (χ1) is 6.71. The largest absolute Gasteiger partial charge is 0.468 e. The fourth-order valence-corrected chi connectivity index (χ4v) is 3.45. The molecule has 1 spiro atoms. The maximum absolute atomic E-state index is 11.9. The van der Waals surface area contributed by atoms with Crippen LogP contribution in [0.5, 0.6) is 0 Å². The van der Waals surface area contributed by atoms with E-state index >= 15 is 0 Å². The lowest BCUT2D eigenvalue weighted by Gasteiger charge is -2.28. The molecule has 1 saturated carbocycles. The van der Waals surface area contributed by atoms with E-state index in [-0.39, 0.29) is 11.5 Å². The lowest BCUT2D eigenvalue weighted by molar-refractivity contribution is -0.151. The molecule has 1 atom stereocenters. The molecule has 2 saturated heterocycles. The van der Waals surface area contributed by atoms with Crippen LogP contribution in [0.1, 0.15) is 32.1 Å². The predicted octanol–water partition coefficient (Wildman–Crippen LogP) is 1.18. The SMILES string of the molecule is COC(=O)C12CCCN1CC1(CC1)C2. The number of rotatable bonds is 1. The molecule has 2 heterocycles. The highest BCUT2D eigenvalue weighted by Gasteiger charge is 2.63. The van der Waals surface area contributed by atoms with Crippen LogP contribution in [0.25, 0.3) is 0 Å². The van der Waals surface area contributed by atoms with E-state index in [0.717, 1.165) is 32.4 Å². The van der Waals surface area contributed by atoms with Crippen LogP contribution in [0.15, 0.2) is 0 Å². The Morgan fingerprint density at radius 2 is 2.14 bits per heavy atom. The van der Waals surface area contributed by atoms with Crippen molar-refractivity contribution < 1.29 is 9.53 Å². The summed E-state index contributed by atoms with van der Waals surface area (Å²) in [5.74, 6) is 0.0128. The molecule has 1 aliphatic carbocycles. The molecule has 78 valence electrons. The van der Waals surface area contributed by atoms with Crippen LogP contribution in [-0.2, 0) is 9.53 Å². The maximum atomic E-state index is 11.9. The summed E-state index contributed by atoms with van der Waals surface area (Å²) in [7, 11) is 1.52. The van der Waals surface area contributed by atoms with Crippen LogP contribution in [0.3, 0.4) is 0 Å². The van der Waals surface area contributed by atoms with Crippen LogP contribution in [0.4, 0.5) is 0 Å². The van der Waals surface area contributed by atoms with Gasteiger partial charge in [0.1, 0.15) is 5.54 Å². The standard InChI is InChI=1S/C11H17NO2/c1-14-9(13)11-3-2-6-12(11)8-10(7-11)4-5-10/h2-8H2,1H3. The van der Waals surface area contributed by atoms with Crippen molar-refractivity contribution in [3.05, 3.63) is 0 Å². The number of carbonyl (C=O) groups excluding carboxylic acids is 1. The number of hydrogen-bond acceptors (Lipinski definition) is 3. The van der Waals surface area contributed by atoms with Gasteiger partial charge in [-0.05, 0) is 44.1 Å². The number of ether oxygens (including phenoxy) is 1. The number of methoxy groups -OCH3 is 1. The van der Waals surface area contributed by atoms with Gasteiger partial charge in [-0.1, -0.05) is 0 Å². The molecule has 3 rings (SSSR count). The topological polar surface area (TPSA) is 29.5 Å². The Morgan fingerprint density at radius 3 is 2.79 bits per heavy atom. The van der Waals surface area contributed by atoms with Gasteiger partial charge in [0.05, 0.1) is 7.11 Å². The summed E-state index contributed by atoms with van der Waals surface area (Å²) < 4.78 is 4.98. The second-order valence-electron chi connectivity index (χ2n) is 5.23. The van der Waals surface area contributed by atoms with Gasteiger partial charge < -0.3 is 4.74 Å². The van der Waals surface area contributed by atoms with Gasteiger partial charge in [0.25, 0.3) is 0 Å². The molecule has 0 radical (unpaired) electrons. The molecule has 3 heteroatoms. The summed E-state index contributed by atoms with van der Waals surface area (Å²) in [4.78, 5) is 14.2. The zero-order valence-electron chi connectivity index (χ0n) is 8.71. The third-order valence-electron chi connectivity index (χ3n) is 4.34. The predicted molar refractivity (Wildman–Crippen MR) is 51.8 cm³/mol. The molecule has 2 aliphatic heterocycles. The highest BCUT2D eigenvalue weighted by Crippen LogP contribution is 2.60. The van der Waals surface area contributed by atoms with Crippen molar-refractivity contribution in [1.29, 1.82) is 0 Å². The summed E-state index contributed by atoms with van der Waals surface area (Å²) in [5, 5.41) is 0. The fraction of sp³-hybridized carbons (Fsp3) is 0.909. The van der Waals surface area contributed by atoms with Crippen molar-refractivity contribution in [2.45, 2.75) is 37.6 Å². The highest BCUT2D eigenvalue weighted by molar-refractivity contribution is 5.82. The summed E-state index contributed by atoms with van der Waals surface area (Å²) in [5.41, 5.74) is 0.292. The molecule has 3 aliphatic rings. The van der Waals surface area contributed by atoms with Gasteiger partial charge in [-0.15, -0.1) is 0 Å². The van der Waals surface area contributed by atoms with Crippen molar-refractivity contribution in [1.82, 2.24) is 4.90 Å². The summed E-state index contributed by atoms with van der Waals surface area (Å²) in [6.45, 7) is 2.24. The van der Waals surface area contributed by atoms with E-state index in [1.54, 1.807) is 0 Å². The Labute approximate surface area is 84.4 Å². The summed E-state index contributed by atoms with van der Waals surface area (Å²) in [6, 6.07) is 0. The summed E-state index contributed by atoms with van der Waals surface area (Å²) >= 11 is 0. The quantitative estimate of drug-likeness (QED) is 0.588. The Kier molecular flexibility index (Phi) is 1.56. The zero-order valence-corrected chi connectivity index (χ0v) is 8.71. The molecular weight excluding hydrogens is 178 g/mol. The first-order valence-corrected chi connectivity index (χ1v) is 5.54. The smallest absolute Gasteiger partial charge is 0.326 e. The Morgan fingerprint density at radius 1 is 1.36 bits per heavy atom. The molecule has 14 heavy (non-hydrogen) atoms. The third-order valence-corrected chi connectivity index (χ3v) is 4.34. The van der Waals surface area contributed by atoms with E-state index in [9.17, 15) is 4.79 Å². The minimum absolute atomic E-state index is 0.0128. The van der Waals surface area contributed by atoms with Gasteiger partial charge in [0.15, 0.2) is 0 Å². The molecule has 3 fully saturated rings. The van der Waals surface area contributed by atoms with Crippen molar-refractivity contribution in [3.63, 3.8) is 0 Å². The van der Waals surface area contributed by atoms with E-state index in [4.69, 9.17) is 4.74 Å². The van der Waals surface area contributed by atoms with E-state index in [0.29, 0.717) is 5.41 Å². The monoisotopic (exact) mass is 195 g/mol. The lowest BCUT2D eigenvalue weighted by Crippen LogP contribution is -2.46. The molecule has 3 nitrogen and oxygen atoms in total. The second kappa shape index (κ2) is 2.51. The van der Waals surface area contributed by atoms with Crippen molar-refractivity contribution >= 4 is 5.97 Å². The van der Waals surface area contributed by atoms with E-state index in [1.165, 1.54) is 20.0 Å². The molecule has 0 bridgehead atoms. The average Bonchev–Trinajstić information content (AvgIpc) is 2.66. The van der Waals surface area contributed by atoms with Gasteiger partial charge in [-0.3, -0.25) is 9.69 Å². The molecule has 1 unspecified atom stereocenters. The number of nitrogens with zero attached hydrogens (tertiary/aromatic N) is 1. The average molecular weight is 195 g/mol. The highest BCUT2D eigenvalue weighted by atomic mass is 16.5. The van der Waals surface area contributed by atoms with E-state index < -0.39 is 0 Å². The van der Waals surface area contributed by atoms with Crippen LogP contribution < -0.4 is 0 Å². The second-order valence-corrected chi connectivity index (χ2v) is 5.23. The van der Waals surface area contributed by atoms with E-state index in [2.05, 4.69) is 4.90 Å². The van der Waals surface area contributed by atoms with Crippen LogP contribution in [0, 0.1) is 5.41 Å². The van der Waals surface area contributed by atoms with Gasteiger partial charge in [-0.25, -0.2) is 0 Å². The van der Waals surface area contributed by atoms with Gasteiger partial charge >= 0.3 is 5.97 Å². The molecule has 0 N–H and O–H groups in total. The van der Waals surface area contributed by atoms with E-state index in [1.807, 2.05) is 0 Å². The third kappa shape index (κ3) is 0.937. The first kappa shape index (κ1) is 8.72. The van der Waals surface area contributed by atoms with Crippen LogP contribution in [0.2, 0.25) is 0 Å². The summed E-state index contributed by atoms with van der Waals surface area (Å²) in [6.07, 6.45) is 5.88. The van der Waals surface area contributed by atoms with Gasteiger partial charge in [0, 0.05) is 6.54 Å². The molecule has 0 amide bonds. The maximum Gasteiger partial charge on any atom is 0.326 e. The van der Waals surface area contributed by atoms with Crippen molar-refractivity contribution in [2.75, 3.05) is 20.2 Å². The minimum Gasteiger partial charge on any atom is -0.468 e. The van der Waals surface area contributed by atoms with Crippen molar-refractivity contribution in [3.8, 4) is 0 Å². The first-order valence-electron chi connectivity index (χ1n) is 5.54. The Bertz CT molecular complexity index is 285. The number of carbonyl (C=O) groups is 1. The Balaban J connectivity index is 1.91. The van der Waals surface area contributed by atoms with Gasteiger partial charge in [-0.2, -0.15) is 0 Å². The van der Waals surface area contributed by atoms with Crippen LogP contribution >= 0.6 is 0 Å². The molecule has 0 aromatic heterocycles. The zero-order chi connectivity index (χ0) is 9.81. The Hall–Kier alpha value is -0.570. The molecule has 0 aromatic rings. The molecule has 0 aromatic carbocycles. The number of fused-ring (bicyclic) bond motifs is 1.